The van der Waals surface area contributed by atoms with Crippen molar-refractivity contribution in [1.29, 1.82) is 0 Å². The molecule has 6 heteroatoms. The van der Waals surface area contributed by atoms with Gasteiger partial charge < -0.3 is 14.8 Å². The van der Waals surface area contributed by atoms with Crippen molar-refractivity contribution < 1.29 is 9.59 Å². The largest absolute Gasteiger partial charge is 0.331 e. The van der Waals surface area contributed by atoms with Gasteiger partial charge in [0.15, 0.2) is 0 Å². The second kappa shape index (κ2) is 6.78. The van der Waals surface area contributed by atoms with Crippen molar-refractivity contribution in [2.75, 3.05) is 18.0 Å². The molecule has 0 spiro atoms. The zero-order valence-corrected chi connectivity index (χ0v) is 14.5. The first kappa shape index (κ1) is 16.6. The fourth-order valence-corrected chi connectivity index (χ4v) is 3.90. The highest BCUT2D eigenvalue weighted by molar-refractivity contribution is 5.97. The number of anilines is 1. The molecule has 0 aliphatic carbocycles. The monoisotopic (exact) mass is 351 g/mol. The molecule has 2 aliphatic rings. The Morgan fingerprint density at radius 2 is 1.85 bits per heavy atom. The van der Waals surface area contributed by atoms with Gasteiger partial charge in [0.05, 0.1) is 6.04 Å². The van der Waals surface area contributed by atoms with E-state index < -0.39 is 0 Å². The summed E-state index contributed by atoms with van der Waals surface area (Å²) in [6.07, 6.45) is 4.73. The van der Waals surface area contributed by atoms with Crippen molar-refractivity contribution in [2.24, 2.45) is 0 Å². The van der Waals surface area contributed by atoms with Crippen molar-refractivity contribution >= 4 is 17.5 Å². The lowest BCUT2D eigenvalue weighted by atomic mass is 10.1. The second-order valence-corrected chi connectivity index (χ2v) is 6.81. The molecule has 1 atom stereocenters. The van der Waals surface area contributed by atoms with Crippen LogP contribution in [0.4, 0.5) is 5.69 Å². The number of benzene rings is 1. The van der Waals surface area contributed by atoms with Crippen LogP contribution in [0.2, 0.25) is 0 Å². The molecule has 0 radical (unpaired) electrons. The van der Waals surface area contributed by atoms with Gasteiger partial charge in [-0.2, -0.15) is 0 Å². The van der Waals surface area contributed by atoms with Crippen LogP contribution in [0.1, 0.15) is 47.6 Å². The fourth-order valence-electron chi connectivity index (χ4n) is 3.90. The third-order valence-corrected chi connectivity index (χ3v) is 5.22. The average Bonchev–Trinajstić information content (AvgIpc) is 3.31. The predicted molar refractivity (Wildman–Crippen MR) is 98.1 cm³/mol. The summed E-state index contributed by atoms with van der Waals surface area (Å²) in [5.41, 5.74) is 1.92. The zero-order valence-electron chi connectivity index (χ0n) is 14.5. The third kappa shape index (κ3) is 2.92. The molecule has 2 amide bonds. The van der Waals surface area contributed by atoms with Gasteiger partial charge in [-0.1, -0.05) is 0 Å². The Morgan fingerprint density at radius 1 is 1.04 bits per heavy atom. The van der Waals surface area contributed by atoms with Gasteiger partial charge in [-0.15, -0.1) is 0 Å². The molecule has 26 heavy (non-hydrogen) atoms. The number of H-pyrrole nitrogens is 1. The van der Waals surface area contributed by atoms with Crippen molar-refractivity contribution in [3.63, 3.8) is 0 Å². The first-order valence-electron chi connectivity index (χ1n) is 9.04. The lowest BCUT2D eigenvalue weighted by Gasteiger charge is -2.25. The third-order valence-electron chi connectivity index (χ3n) is 5.22. The molecule has 0 saturated carbocycles. The Kier molecular flexibility index (Phi) is 4.32. The molecule has 3 heterocycles. The Hall–Kier alpha value is -2.89. The summed E-state index contributed by atoms with van der Waals surface area (Å²) in [4.78, 5) is 43.2. The van der Waals surface area contributed by atoms with Crippen molar-refractivity contribution in [3.8, 4) is 0 Å². The molecular weight excluding hydrogens is 330 g/mol. The number of rotatable bonds is 3. The number of likely N-dealkylation sites (tertiary alicyclic amines) is 1. The maximum absolute atomic E-state index is 13.0. The molecule has 2 aliphatic heterocycles. The number of nitrogens with one attached hydrogen (secondary N) is 1. The van der Waals surface area contributed by atoms with Crippen LogP contribution in [0.25, 0.3) is 0 Å². The normalized spacial score (nSPS) is 20.0. The SMILES string of the molecule is O=C1CCCN1c1ccc(C(=O)N2CCCC2c2ccc[nH]c2=O)cc1. The van der Waals surface area contributed by atoms with E-state index in [-0.39, 0.29) is 23.4 Å². The van der Waals surface area contributed by atoms with Crippen LogP contribution in [-0.2, 0) is 4.79 Å². The van der Waals surface area contributed by atoms with E-state index in [0.717, 1.165) is 31.5 Å². The average molecular weight is 351 g/mol. The van der Waals surface area contributed by atoms with E-state index in [0.29, 0.717) is 24.1 Å². The highest BCUT2D eigenvalue weighted by atomic mass is 16.2. The fraction of sp³-hybridized carbons (Fsp3) is 0.350. The molecule has 0 bridgehead atoms. The summed E-state index contributed by atoms with van der Waals surface area (Å²) >= 11 is 0. The summed E-state index contributed by atoms with van der Waals surface area (Å²) in [7, 11) is 0. The summed E-state index contributed by atoms with van der Waals surface area (Å²) < 4.78 is 0. The van der Waals surface area contributed by atoms with Gasteiger partial charge in [-0.3, -0.25) is 14.4 Å². The summed E-state index contributed by atoms with van der Waals surface area (Å²) in [6.45, 7) is 1.38. The smallest absolute Gasteiger partial charge is 0.254 e. The standard InChI is InChI=1S/C20H21N3O3/c24-18-6-3-12-22(18)15-9-7-14(8-10-15)20(26)23-13-2-5-17(23)16-4-1-11-21-19(16)25/h1,4,7-11,17H,2-3,5-6,12-13H2,(H,21,25). The molecule has 1 unspecified atom stereocenters. The Morgan fingerprint density at radius 3 is 2.54 bits per heavy atom. The number of aromatic nitrogens is 1. The van der Waals surface area contributed by atoms with E-state index in [1.165, 1.54) is 0 Å². The first-order valence-corrected chi connectivity index (χ1v) is 9.04. The molecule has 1 N–H and O–H groups in total. The molecular formula is C20H21N3O3. The number of carbonyl (C=O) groups excluding carboxylic acids is 2. The zero-order chi connectivity index (χ0) is 18.1. The Bertz CT molecular complexity index is 888. The van der Waals surface area contributed by atoms with Crippen LogP contribution in [0.15, 0.2) is 47.4 Å². The molecule has 6 nitrogen and oxygen atoms in total. The van der Waals surface area contributed by atoms with Crippen molar-refractivity contribution in [1.82, 2.24) is 9.88 Å². The summed E-state index contributed by atoms with van der Waals surface area (Å²) in [5.74, 6) is 0.0574. The van der Waals surface area contributed by atoms with Gasteiger partial charge in [0, 0.05) is 42.5 Å². The van der Waals surface area contributed by atoms with E-state index in [9.17, 15) is 14.4 Å². The lowest BCUT2D eigenvalue weighted by molar-refractivity contribution is -0.117. The van der Waals surface area contributed by atoms with Gasteiger partial charge >= 0.3 is 0 Å². The minimum absolute atomic E-state index is 0.0740. The molecule has 1 aromatic carbocycles. The molecule has 2 saturated heterocycles. The lowest BCUT2D eigenvalue weighted by Crippen LogP contribution is -2.33. The number of carbonyl (C=O) groups is 2. The maximum Gasteiger partial charge on any atom is 0.254 e. The highest BCUT2D eigenvalue weighted by Crippen LogP contribution is 2.31. The van der Waals surface area contributed by atoms with E-state index in [4.69, 9.17) is 0 Å². The van der Waals surface area contributed by atoms with Gasteiger partial charge in [0.25, 0.3) is 11.5 Å². The van der Waals surface area contributed by atoms with Gasteiger partial charge in [-0.05, 0) is 55.7 Å². The number of hydrogen-bond donors (Lipinski definition) is 1. The number of pyridine rings is 1. The van der Waals surface area contributed by atoms with E-state index in [2.05, 4.69) is 4.98 Å². The number of hydrogen-bond acceptors (Lipinski definition) is 3. The minimum atomic E-state index is -0.188. The van der Waals surface area contributed by atoms with Gasteiger partial charge in [0.1, 0.15) is 0 Å². The molecule has 134 valence electrons. The van der Waals surface area contributed by atoms with Crippen LogP contribution in [0, 0.1) is 0 Å². The Balaban J connectivity index is 1.56. The second-order valence-electron chi connectivity index (χ2n) is 6.81. The van der Waals surface area contributed by atoms with Crippen molar-refractivity contribution in [3.05, 3.63) is 64.1 Å². The minimum Gasteiger partial charge on any atom is -0.331 e. The molecule has 2 fully saturated rings. The van der Waals surface area contributed by atoms with Crippen LogP contribution in [0.5, 0.6) is 0 Å². The van der Waals surface area contributed by atoms with Crippen LogP contribution >= 0.6 is 0 Å². The Labute approximate surface area is 151 Å². The van der Waals surface area contributed by atoms with E-state index >= 15 is 0 Å². The topological polar surface area (TPSA) is 73.5 Å². The highest BCUT2D eigenvalue weighted by Gasteiger charge is 2.32. The van der Waals surface area contributed by atoms with E-state index in [1.54, 1.807) is 40.3 Å². The summed E-state index contributed by atoms with van der Waals surface area (Å²) in [6, 6.07) is 10.6. The maximum atomic E-state index is 13.0. The molecule has 1 aromatic heterocycles. The summed E-state index contributed by atoms with van der Waals surface area (Å²) in [5, 5.41) is 0. The number of nitrogens with zero attached hydrogens (tertiary/aromatic N) is 2. The van der Waals surface area contributed by atoms with Crippen LogP contribution < -0.4 is 10.5 Å². The predicted octanol–water partition coefficient (Wildman–Crippen LogP) is 2.48. The van der Waals surface area contributed by atoms with Crippen LogP contribution in [-0.4, -0.2) is 34.8 Å². The molecule has 2 aromatic rings. The van der Waals surface area contributed by atoms with Gasteiger partial charge in [0.2, 0.25) is 5.91 Å². The number of amides is 2. The first-order chi connectivity index (χ1) is 12.6. The van der Waals surface area contributed by atoms with Crippen molar-refractivity contribution in [2.45, 2.75) is 31.7 Å². The molecule has 4 rings (SSSR count). The van der Waals surface area contributed by atoms with E-state index in [1.807, 2.05) is 12.1 Å². The number of aromatic amines is 1. The van der Waals surface area contributed by atoms with Crippen LogP contribution in [0.3, 0.4) is 0 Å². The van der Waals surface area contributed by atoms with Gasteiger partial charge in [-0.25, -0.2) is 0 Å². The quantitative estimate of drug-likeness (QED) is 0.923.